The van der Waals surface area contributed by atoms with Crippen molar-refractivity contribution in [2.75, 3.05) is 18.1 Å². The number of amides is 1. The third-order valence-electron chi connectivity index (χ3n) is 6.26. The molecule has 0 unspecified atom stereocenters. The van der Waals surface area contributed by atoms with Crippen molar-refractivity contribution in [1.82, 2.24) is 0 Å². The first-order valence-corrected chi connectivity index (χ1v) is 10.8. The third-order valence-corrected chi connectivity index (χ3v) is 6.26. The molecule has 32 heavy (non-hydrogen) atoms. The molecule has 3 aliphatic heterocycles. The number of esters is 1. The molecule has 7 nitrogen and oxygen atoms in total. The van der Waals surface area contributed by atoms with Gasteiger partial charge in [-0.15, -0.1) is 0 Å². The monoisotopic (exact) mass is 433 g/mol. The summed E-state index contributed by atoms with van der Waals surface area (Å²) in [4.78, 5) is 42.1. The summed E-state index contributed by atoms with van der Waals surface area (Å²) in [6.45, 7) is 2.28. The lowest BCUT2D eigenvalue weighted by Crippen LogP contribution is -2.64. The molecule has 3 heterocycles. The summed E-state index contributed by atoms with van der Waals surface area (Å²) < 4.78 is 17.7. The Kier molecular flexibility index (Phi) is 5.06. The SMILES string of the molecule is CCOC(=O)[C@]12C(=C(c3ccccc3)O[C@H]3OCCC[C@@H]31)C(=O)C(=O)N2c1ccccc1. The van der Waals surface area contributed by atoms with E-state index in [-0.39, 0.29) is 17.9 Å². The molecular formula is C25H23NO6. The first-order chi connectivity index (χ1) is 15.6. The molecule has 0 saturated carbocycles. The van der Waals surface area contributed by atoms with Crippen LogP contribution < -0.4 is 4.90 Å². The Morgan fingerprint density at radius 1 is 1.09 bits per heavy atom. The fraction of sp³-hybridized carbons (Fsp3) is 0.320. The predicted molar refractivity (Wildman–Crippen MR) is 115 cm³/mol. The van der Waals surface area contributed by atoms with Crippen LogP contribution in [0.3, 0.4) is 0 Å². The molecule has 2 aromatic carbocycles. The van der Waals surface area contributed by atoms with Gasteiger partial charge in [-0.05, 0) is 31.9 Å². The lowest BCUT2D eigenvalue weighted by Gasteiger charge is -2.49. The van der Waals surface area contributed by atoms with Crippen LogP contribution in [0.5, 0.6) is 0 Å². The van der Waals surface area contributed by atoms with E-state index in [9.17, 15) is 14.4 Å². The van der Waals surface area contributed by atoms with E-state index >= 15 is 0 Å². The van der Waals surface area contributed by atoms with Gasteiger partial charge in [-0.2, -0.15) is 0 Å². The topological polar surface area (TPSA) is 82.1 Å². The van der Waals surface area contributed by atoms with Gasteiger partial charge in [0.2, 0.25) is 6.29 Å². The van der Waals surface area contributed by atoms with Gasteiger partial charge in [0.05, 0.1) is 24.7 Å². The number of rotatable bonds is 4. The summed E-state index contributed by atoms with van der Waals surface area (Å²) in [5.41, 5.74) is -0.588. The van der Waals surface area contributed by atoms with E-state index in [1.165, 1.54) is 4.90 Å². The summed E-state index contributed by atoms with van der Waals surface area (Å²) >= 11 is 0. The van der Waals surface area contributed by atoms with Gasteiger partial charge in [-0.25, -0.2) is 4.79 Å². The number of fused-ring (bicyclic) bond motifs is 3. The lowest BCUT2D eigenvalue weighted by molar-refractivity contribution is -0.189. The van der Waals surface area contributed by atoms with Gasteiger partial charge in [-0.1, -0.05) is 48.5 Å². The van der Waals surface area contributed by atoms with E-state index in [2.05, 4.69) is 0 Å². The number of hydrogen-bond acceptors (Lipinski definition) is 6. The van der Waals surface area contributed by atoms with Crippen LogP contribution in [0.2, 0.25) is 0 Å². The average molecular weight is 433 g/mol. The maximum atomic E-state index is 13.8. The minimum Gasteiger partial charge on any atom is -0.464 e. The Balaban J connectivity index is 1.85. The molecule has 3 aliphatic rings. The third kappa shape index (κ3) is 2.81. The quantitative estimate of drug-likeness (QED) is 0.544. The molecule has 0 aliphatic carbocycles. The number of para-hydroxylation sites is 1. The Hall–Kier alpha value is -3.45. The number of carbonyl (C=O) groups is 3. The molecule has 0 spiro atoms. The molecule has 1 amide bonds. The number of hydrogen-bond donors (Lipinski definition) is 0. The highest BCUT2D eigenvalue weighted by atomic mass is 16.7. The van der Waals surface area contributed by atoms with E-state index in [4.69, 9.17) is 14.2 Å². The summed E-state index contributed by atoms with van der Waals surface area (Å²) in [6, 6.07) is 17.8. The number of carbonyl (C=O) groups excluding carboxylic acids is 3. The van der Waals surface area contributed by atoms with Crippen molar-refractivity contribution in [3.05, 3.63) is 71.8 Å². The Morgan fingerprint density at radius 2 is 1.78 bits per heavy atom. The Bertz CT molecular complexity index is 1100. The van der Waals surface area contributed by atoms with E-state index in [0.29, 0.717) is 30.7 Å². The van der Waals surface area contributed by atoms with Crippen LogP contribution in [0.25, 0.3) is 5.76 Å². The zero-order valence-electron chi connectivity index (χ0n) is 17.7. The predicted octanol–water partition coefficient (Wildman–Crippen LogP) is 3.10. The second kappa shape index (κ2) is 7.91. The minimum atomic E-state index is -1.67. The van der Waals surface area contributed by atoms with Gasteiger partial charge in [0.25, 0.3) is 5.78 Å². The molecule has 0 radical (unpaired) electrons. The molecule has 0 bridgehead atoms. The molecule has 164 valence electrons. The molecule has 2 fully saturated rings. The molecule has 3 atom stereocenters. The largest absolute Gasteiger partial charge is 0.464 e. The zero-order chi connectivity index (χ0) is 22.3. The van der Waals surface area contributed by atoms with Crippen molar-refractivity contribution in [3.63, 3.8) is 0 Å². The summed E-state index contributed by atoms with van der Waals surface area (Å²) in [5, 5.41) is 0. The van der Waals surface area contributed by atoms with Crippen molar-refractivity contribution in [3.8, 4) is 0 Å². The summed E-state index contributed by atoms with van der Waals surface area (Å²) in [5.74, 6) is -2.57. The number of ketones is 1. The van der Waals surface area contributed by atoms with Crippen molar-refractivity contribution in [1.29, 1.82) is 0 Å². The molecule has 0 N–H and O–H groups in total. The number of nitrogens with zero attached hydrogens (tertiary/aromatic N) is 1. The van der Waals surface area contributed by atoms with Crippen LogP contribution in [-0.2, 0) is 28.6 Å². The van der Waals surface area contributed by atoms with Crippen molar-refractivity contribution < 1.29 is 28.6 Å². The molecule has 2 saturated heterocycles. The Morgan fingerprint density at radius 3 is 2.47 bits per heavy atom. The highest BCUT2D eigenvalue weighted by Gasteiger charge is 2.70. The summed E-state index contributed by atoms with van der Waals surface area (Å²) in [7, 11) is 0. The summed E-state index contributed by atoms with van der Waals surface area (Å²) in [6.07, 6.45) is 0.417. The molecule has 7 heteroatoms. The fourth-order valence-corrected chi connectivity index (χ4v) is 5.02. The van der Waals surface area contributed by atoms with Crippen LogP contribution >= 0.6 is 0 Å². The van der Waals surface area contributed by atoms with Crippen molar-refractivity contribution >= 4 is 29.1 Å². The normalized spacial score (nSPS) is 27.0. The number of ether oxygens (including phenoxy) is 3. The van der Waals surface area contributed by atoms with Gasteiger partial charge in [0, 0.05) is 11.3 Å². The lowest BCUT2D eigenvalue weighted by atomic mass is 9.71. The molecule has 2 aromatic rings. The van der Waals surface area contributed by atoms with E-state index in [0.717, 1.165) is 0 Å². The number of anilines is 1. The first kappa shape index (κ1) is 20.5. The van der Waals surface area contributed by atoms with E-state index in [1.54, 1.807) is 43.3 Å². The van der Waals surface area contributed by atoms with E-state index in [1.807, 2.05) is 24.3 Å². The standard InChI is InChI=1S/C25H23NO6/c1-2-30-24(29)25-18-14-9-15-31-23(18)32-21(16-10-5-3-6-11-16)19(25)20(27)22(28)26(25)17-12-7-4-8-13-17/h3-8,10-13,18,23H,2,9,14-15H2,1H3/t18-,23+,25+/m0/s1. The minimum absolute atomic E-state index is 0.0303. The average Bonchev–Trinajstić information content (AvgIpc) is 3.08. The second-order valence-electron chi connectivity index (χ2n) is 7.97. The highest BCUT2D eigenvalue weighted by Crippen LogP contribution is 2.53. The van der Waals surface area contributed by atoms with Gasteiger partial charge in [0.1, 0.15) is 5.76 Å². The van der Waals surface area contributed by atoms with Crippen LogP contribution in [0.1, 0.15) is 25.3 Å². The van der Waals surface area contributed by atoms with Gasteiger partial charge in [0.15, 0.2) is 5.54 Å². The fourth-order valence-electron chi connectivity index (χ4n) is 5.02. The number of Topliss-reactive ketones (excluding diaryl/α,β-unsaturated/α-hetero) is 1. The molecule has 0 aromatic heterocycles. The van der Waals surface area contributed by atoms with Crippen LogP contribution in [0.4, 0.5) is 5.69 Å². The van der Waals surface area contributed by atoms with Gasteiger partial charge >= 0.3 is 11.9 Å². The molecular weight excluding hydrogens is 410 g/mol. The molecule has 5 rings (SSSR count). The second-order valence-corrected chi connectivity index (χ2v) is 7.97. The maximum absolute atomic E-state index is 13.8. The van der Waals surface area contributed by atoms with Gasteiger partial charge in [-0.3, -0.25) is 14.5 Å². The zero-order valence-corrected chi connectivity index (χ0v) is 17.7. The van der Waals surface area contributed by atoms with E-state index < -0.39 is 35.4 Å². The smallest absolute Gasteiger partial charge is 0.338 e. The van der Waals surface area contributed by atoms with Gasteiger partial charge < -0.3 is 14.2 Å². The maximum Gasteiger partial charge on any atom is 0.338 e. The van der Waals surface area contributed by atoms with Crippen LogP contribution in [-0.4, -0.2) is 42.7 Å². The van der Waals surface area contributed by atoms with Crippen LogP contribution in [0.15, 0.2) is 66.2 Å². The first-order valence-electron chi connectivity index (χ1n) is 10.8. The number of benzene rings is 2. The Labute approximate surface area is 185 Å². The van der Waals surface area contributed by atoms with Crippen LogP contribution in [0, 0.1) is 5.92 Å². The van der Waals surface area contributed by atoms with Crippen molar-refractivity contribution in [2.45, 2.75) is 31.6 Å². The van der Waals surface area contributed by atoms with Crippen molar-refractivity contribution in [2.24, 2.45) is 5.92 Å². The highest BCUT2D eigenvalue weighted by molar-refractivity contribution is 6.54.